The zero-order valence-electron chi connectivity index (χ0n) is 13.6. The van der Waals surface area contributed by atoms with E-state index in [2.05, 4.69) is 5.32 Å². The number of hydrogen-bond acceptors (Lipinski definition) is 4. The first-order valence-corrected chi connectivity index (χ1v) is 7.84. The molecule has 1 aliphatic rings. The lowest BCUT2D eigenvalue weighted by Crippen LogP contribution is -2.13. The second kappa shape index (κ2) is 6.74. The molecular weight excluding hydrogens is 306 g/mol. The van der Waals surface area contributed by atoms with Crippen molar-refractivity contribution in [3.63, 3.8) is 0 Å². The van der Waals surface area contributed by atoms with Crippen LogP contribution < -0.4 is 14.8 Å². The molecule has 1 fully saturated rings. The van der Waals surface area contributed by atoms with E-state index in [1.165, 1.54) is 7.11 Å². The lowest BCUT2D eigenvalue weighted by atomic mass is 10.2. The number of para-hydroxylation sites is 1. The van der Waals surface area contributed by atoms with E-state index in [1.54, 1.807) is 48.5 Å². The molecule has 24 heavy (non-hydrogen) atoms. The molecule has 1 amide bonds. The normalized spacial score (nSPS) is 18.6. The molecule has 0 aliphatic heterocycles. The van der Waals surface area contributed by atoms with Gasteiger partial charge in [-0.2, -0.15) is 0 Å². The van der Waals surface area contributed by atoms with Crippen LogP contribution in [0.5, 0.6) is 11.5 Å². The molecule has 0 bridgehead atoms. The van der Waals surface area contributed by atoms with Crippen molar-refractivity contribution in [3.05, 3.63) is 54.1 Å². The van der Waals surface area contributed by atoms with Crippen molar-refractivity contribution in [2.45, 2.75) is 13.3 Å². The first-order valence-electron chi connectivity index (χ1n) is 7.84. The molecule has 2 aromatic rings. The van der Waals surface area contributed by atoms with Gasteiger partial charge in [-0.05, 0) is 48.7 Å². The average molecular weight is 325 g/mol. The molecule has 2 atom stereocenters. The molecule has 1 saturated carbocycles. The van der Waals surface area contributed by atoms with Crippen molar-refractivity contribution < 1.29 is 19.1 Å². The number of hydrogen-bond donors (Lipinski definition) is 1. The molecule has 1 aliphatic carbocycles. The van der Waals surface area contributed by atoms with Crippen molar-refractivity contribution in [2.24, 2.45) is 11.8 Å². The van der Waals surface area contributed by atoms with Gasteiger partial charge in [-0.3, -0.25) is 9.59 Å². The number of amides is 1. The maximum absolute atomic E-state index is 12.3. The van der Waals surface area contributed by atoms with Crippen LogP contribution in [-0.4, -0.2) is 19.0 Å². The number of rotatable bonds is 5. The first kappa shape index (κ1) is 16.1. The molecule has 2 unspecified atom stereocenters. The predicted molar refractivity (Wildman–Crippen MR) is 90.3 cm³/mol. The summed E-state index contributed by atoms with van der Waals surface area (Å²) in [6, 6.07) is 13.7. The monoisotopic (exact) mass is 325 g/mol. The number of nitrogens with one attached hydrogen (secondary N) is 1. The van der Waals surface area contributed by atoms with Gasteiger partial charge in [-0.1, -0.05) is 19.1 Å². The number of esters is 1. The summed E-state index contributed by atoms with van der Waals surface area (Å²) in [5.41, 5.74) is 1.07. The van der Waals surface area contributed by atoms with Gasteiger partial charge in [-0.15, -0.1) is 0 Å². The van der Waals surface area contributed by atoms with Gasteiger partial charge in [0.2, 0.25) is 0 Å². The quantitative estimate of drug-likeness (QED) is 0.675. The molecular formula is C19H19NO4. The SMILES string of the molecule is COc1ccccc1C(=O)Nc1ccc(OC(=O)C2CC2C)cc1. The summed E-state index contributed by atoms with van der Waals surface area (Å²) in [6.45, 7) is 2.03. The smallest absolute Gasteiger partial charge is 0.314 e. The second-order valence-electron chi connectivity index (χ2n) is 5.92. The summed E-state index contributed by atoms with van der Waals surface area (Å²) in [6.07, 6.45) is 0.895. The maximum atomic E-state index is 12.3. The summed E-state index contributed by atoms with van der Waals surface area (Å²) in [4.78, 5) is 24.1. The highest BCUT2D eigenvalue weighted by molar-refractivity contribution is 6.06. The number of carbonyl (C=O) groups excluding carboxylic acids is 2. The van der Waals surface area contributed by atoms with Gasteiger partial charge in [-0.25, -0.2) is 0 Å². The fourth-order valence-corrected chi connectivity index (χ4v) is 2.48. The molecule has 0 aromatic heterocycles. The summed E-state index contributed by atoms with van der Waals surface area (Å²) < 4.78 is 10.5. The highest BCUT2D eigenvalue weighted by Gasteiger charge is 2.40. The second-order valence-corrected chi connectivity index (χ2v) is 5.92. The number of ether oxygens (including phenoxy) is 2. The Hall–Kier alpha value is -2.82. The van der Waals surface area contributed by atoms with Crippen LogP contribution in [0.1, 0.15) is 23.7 Å². The minimum absolute atomic E-state index is 0.0231. The molecule has 0 saturated heterocycles. The molecule has 5 heteroatoms. The third-order valence-corrected chi connectivity index (χ3v) is 4.09. The van der Waals surface area contributed by atoms with E-state index in [4.69, 9.17) is 9.47 Å². The van der Waals surface area contributed by atoms with Gasteiger partial charge in [0.25, 0.3) is 5.91 Å². The van der Waals surface area contributed by atoms with Crippen molar-refractivity contribution in [1.82, 2.24) is 0 Å². The van der Waals surface area contributed by atoms with Crippen LogP contribution in [-0.2, 0) is 4.79 Å². The zero-order chi connectivity index (χ0) is 17.1. The Labute approximate surface area is 140 Å². The van der Waals surface area contributed by atoms with Crippen LogP contribution in [0.4, 0.5) is 5.69 Å². The summed E-state index contributed by atoms with van der Waals surface area (Å²) in [5, 5.41) is 2.80. The van der Waals surface area contributed by atoms with E-state index in [1.807, 2.05) is 6.92 Å². The van der Waals surface area contributed by atoms with Crippen LogP contribution in [0, 0.1) is 11.8 Å². The largest absolute Gasteiger partial charge is 0.496 e. The molecule has 2 aromatic carbocycles. The molecule has 0 spiro atoms. The van der Waals surface area contributed by atoms with Gasteiger partial charge < -0.3 is 14.8 Å². The van der Waals surface area contributed by atoms with Crippen molar-refractivity contribution in [2.75, 3.05) is 12.4 Å². The van der Waals surface area contributed by atoms with Crippen LogP contribution >= 0.6 is 0 Å². The van der Waals surface area contributed by atoms with E-state index in [-0.39, 0.29) is 17.8 Å². The van der Waals surface area contributed by atoms with Crippen LogP contribution in [0.2, 0.25) is 0 Å². The van der Waals surface area contributed by atoms with E-state index in [9.17, 15) is 9.59 Å². The van der Waals surface area contributed by atoms with E-state index in [0.29, 0.717) is 28.7 Å². The lowest BCUT2D eigenvalue weighted by Gasteiger charge is -2.10. The van der Waals surface area contributed by atoms with Gasteiger partial charge in [0, 0.05) is 5.69 Å². The Bertz CT molecular complexity index is 754. The molecule has 1 N–H and O–H groups in total. The summed E-state index contributed by atoms with van der Waals surface area (Å²) in [7, 11) is 1.52. The Balaban J connectivity index is 1.63. The molecule has 3 rings (SSSR count). The molecule has 0 radical (unpaired) electrons. The standard InChI is InChI=1S/C19H19NO4/c1-12-11-16(12)19(22)24-14-9-7-13(8-10-14)20-18(21)15-5-3-4-6-17(15)23-2/h3-10,12,16H,11H2,1-2H3,(H,20,21). The van der Waals surface area contributed by atoms with Crippen LogP contribution in [0.3, 0.4) is 0 Å². The van der Waals surface area contributed by atoms with Gasteiger partial charge in [0.05, 0.1) is 18.6 Å². The van der Waals surface area contributed by atoms with E-state index in [0.717, 1.165) is 6.42 Å². The van der Waals surface area contributed by atoms with E-state index < -0.39 is 0 Å². The minimum atomic E-state index is -0.260. The number of carbonyl (C=O) groups is 2. The van der Waals surface area contributed by atoms with Gasteiger partial charge >= 0.3 is 5.97 Å². The third-order valence-electron chi connectivity index (χ3n) is 4.09. The number of anilines is 1. The minimum Gasteiger partial charge on any atom is -0.496 e. The third kappa shape index (κ3) is 3.56. The van der Waals surface area contributed by atoms with Gasteiger partial charge in [0.1, 0.15) is 11.5 Å². The molecule has 5 nitrogen and oxygen atoms in total. The van der Waals surface area contributed by atoms with E-state index >= 15 is 0 Å². The predicted octanol–water partition coefficient (Wildman–Crippen LogP) is 3.51. The lowest BCUT2D eigenvalue weighted by molar-refractivity contribution is -0.136. The number of benzene rings is 2. The Morgan fingerprint density at radius 1 is 1.08 bits per heavy atom. The van der Waals surface area contributed by atoms with Crippen LogP contribution in [0.25, 0.3) is 0 Å². The topological polar surface area (TPSA) is 64.6 Å². The van der Waals surface area contributed by atoms with Crippen molar-refractivity contribution in [3.8, 4) is 11.5 Å². The fourth-order valence-electron chi connectivity index (χ4n) is 2.48. The van der Waals surface area contributed by atoms with Crippen molar-refractivity contribution >= 4 is 17.6 Å². The average Bonchev–Trinajstić information content (AvgIpc) is 3.33. The highest BCUT2D eigenvalue weighted by atomic mass is 16.5. The fraction of sp³-hybridized carbons (Fsp3) is 0.263. The van der Waals surface area contributed by atoms with Crippen LogP contribution in [0.15, 0.2) is 48.5 Å². The first-order chi connectivity index (χ1) is 11.6. The molecule has 124 valence electrons. The maximum Gasteiger partial charge on any atom is 0.314 e. The highest BCUT2D eigenvalue weighted by Crippen LogP contribution is 2.38. The Morgan fingerprint density at radius 2 is 1.75 bits per heavy atom. The zero-order valence-corrected chi connectivity index (χ0v) is 13.6. The molecule has 0 heterocycles. The summed E-state index contributed by atoms with van der Waals surface area (Å²) in [5.74, 6) is 0.984. The summed E-state index contributed by atoms with van der Waals surface area (Å²) >= 11 is 0. The Morgan fingerprint density at radius 3 is 2.38 bits per heavy atom. The van der Waals surface area contributed by atoms with Gasteiger partial charge in [0.15, 0.2) is 0 Å². The van der Waals surface area contributed by atoms with Crippen molar-refractivity contribution in [1.29, 1.82) is 0 Å². The Kier molecular flexibility index (Phi) is 4.51. The number of methoxy groups -OCH3 is 1.